The minimum atomic E-state index is -0.506. The van der Waals surface area contributed by atoms with Crippen LogP contribution in [0.2, 0.25) is 5.02 Å². The zero-order chi connectivity index (χ0) is 21.3. The van der Waals surface area contributed by atoms with E-state index in [-0.39, 0.29) is 11.9 Å². The Hall–Kier alpha value is -1.44. The van der Waals surface area contributed by atoms with E-state index in [1.54, 1.807) is 4.90 Å². The summed E-state index contributed by atoms with van der Waals surface area (Å²) in [6.45, 7) is 7.55. The number of aliphatic hydroxyl groups is 1. The molecular weight excluding hydrogens is 466 g/mol. The van der Waals surface area contributed by atoms with Crippen molar-refractivity contribution in [2.45, 2.75) is 25.6 Å². The van der Waals surface area contributed by atoms with Crippen LogP contribution in [0.4, 0.5) is 0 Å². The SMILES string of the molecule is Cc1cc(C(=O)N2CC(O)C(N3CCN(Cc4ccc(Cl)cc4)CC3)C2)ccc1Br. The highest BCUT2D eigenvalue weighted by Crippen LogP contribution is 2.23. The number of carbonyl (C=O) groups excluding carboxylic acids is 1. The van der Waals surface area contributed by atoms with Gasteiger partial charge in [0.2, 0.25) is 0 Å². The van der Waals surface area contributed by atoms with Gasteiger partial charge in [0.15, 0.2) is 0 Å². The Morgan fingerprint density at radius 3 is 2.47 bits per heavy atom. The van der Waals surface area contributed by atoms with Crippen molar-refractivity contribution in [3.8, 4) is 0 Å². The van der Waals surface area contributed by atoms with E-state index >= 15 is 0 Å². The number of halogens is 2. The molecule has 2 aliphatic rings. The van der Waals surface area contributed by atoms with Crippen LogP contribution in [0.25, 0.3) is 0 Å². The number of likely N-dealkylation sites (tertiary alicyclic amines) is 1. The van der Waals surface area contributed by atoms with Crippen molar-refractivity contribution in [3.05, 3.63) is 68.7 Å². The van der Waals surface area contributed by atoms with Gasteiger partial charge in [-0.2, -0.15) is 0 Å². The summed E-state index contributed by atoms with van der Waals surface area (Å²) in [5.41, 5.74) is 2.97. The van der Waals surface area contributed by atoms with Gasteiger partial charge in [-0.05, 0) is 48.4 Å². The van der Waals surface area contributed by atoms with Crippen LogP contribution in [-0.2, 0) is 6.54 Å². The summed E-state index contributed by atoms with van der Waals surface area (Å²) in [7, 11) is 0. The average Bonchev–Trinajstić information content (AvgIpc) is 3.13. The molecule has 2 fully saturated rings. The van der Waals surface area contributed by atoms with Crippen LogP contribution < -0.4 is 0 Å². The molecule has 2 atom stereocenters. The maximum Gasteiger partial charge on any atom is 0.254 e. The second kappa shape index (κ2) is 9.37. The van der Waals surface area contributed by atoms with E-state index < -0.39 is 6.10 Å². The molecule has 0 aromatic heterocycles. The van der Waals surface area contributed by atoms with Gasteiger partial charge in [-0.15, -0.1) is 0 Å². The summed E-state index contributed by atoms with van der Waals surface area (Å²) in [6, 6.07) is 13.7. The molecule has 2 aromatic rings. The summed E-state index contributed by atoms with van der Waals surface area (Å²) in [5.74, 6) is -0.00600. The predicted molar refractivity (Wildman–Crippen MR) is 123 cm³/mol. The second-order valence-corrected chi connectivity index (χ2v) is 9.54. The molecule has 0 bridgehead atoms. The van der Waals surface area contributed by atoms with E-state index in [2.05, 4.69) is 37.9 Å². The Balaban J connectivity index is 1.32. The lowest BCUT2D eigenvalue weighted by Crippen LogP contribution is -2.53. The fourth-order valence-electron chi connectivity index (χ4n) is 4.36. The Morgan fingerprint density at radius 2 is 1.80 bits per heavy atom. The van der Waals surface area contributed by atoms with Gasteiger partial charge in [-0.1, -0.05) is 39.7 Å². The van der Waals surface area contributed by atoms with Gasteiger partial charge >= 0.3 is 0 Å². The van der Waals surface area contributed by atoms with E-state index in [1.165, 1.54) is 5.56 Å². The Morgan fingerprint density at radius 1 is 1.10 bits per heavy atom. The fraction of sp³-hybridized carbons (Fsp3) is 0.435. The van der Waals surface area contributed by atoms with Crippen molar-refractivity contribution < 1.29 is 9.90 Å². The van der Waals surface area contributed by atoms with Crippen LogP contribution >= 0.6 is 27.5 Å². The zero-order valence-corrected chi connectivity index (χ0v) is 19.4. The van der Waals surface area contributed by atoms with Crippen molar-refractivity contribution in [2.24, 2.45) is 0 Å². The van der Waals surface area contributed by atoms with E-state index in [9.17, 15) is 9.90 Å². The minimum Gasteiger partial charge on any atom is -0.390 e. The third-order valence-corrected chi connectivity index (χ3v) is 7.29. The lowest BCUT2D eigenvalue weighted by molar-refractivity contribution is 0.0423. The van der Waals surface area contributed by atoms with E-state index in [4.69, 9.17) is 11.6 Å². The number of benzene rings is 2. The molecule has 160 valence electrons. The molecule has 2 saturated heterocycles. The van der Waals surface area contributed by atoms with Gasteiger partial charge in [0.1, 0.15) is 0 Å². The topological polar surface area (TPSA) is 47.0 Å². The monoisotopic (exact) mass is 491 g/mol. The third-order valence-electron chi connectivity index (χ3n) is 6.15. The number of carbonyl (C=O) groups is 1. The highest BCUT2D eigenvalue weighted by molar-refractivity contribution is 9.10. The maximum absolute atomic E-state index is 12.9. The van der Waals surface area contributed by atoms with Gasteiger partial charge < -0.3 is 10.0 Å². The summed E-state index contributed by atoms with van der Waals surface area (Å²) in [5, 5.41) is 11.4. The molecule has 2 aromatic carbocycles. The van der Waals surface area contributed by atoms with Gasteiger partial charge in [0.05, 0.1) is 12.1 Å². The lowest BCUT2D eigenvalue weighted by atomic mass is 10.1. The van der Waals surface area contributed by atoms with Crippen LogP contribution in [0.1, 0.15) is 21.5 Å². The molecule has 5 nitrogen and oxygen atoms in total. The van der Waals surface area contributed by atoms with E-state index in [1.807, 2.05) is 37.3 Å². The fourth-order valence-corrected chi connectivity index (χ4v) is 4.73. The Bertz CT molecular complexity index is 900. The van der Waals surface area contributed by atoms with Crippen molar-refractivity contribution in [1.29, 1.82) is 0 Å². The lowest BCUT2D eigenvalue weighted by Gasteiger charge is -2.38. The van der Waals surface area contributed by atoms with Crippen molar-refractivity contribution >= 4 is 33.4 Å². The molecule has 30 heavy (non-hydrogen) atoms. The molecular formula is C23H27BrClN3O2. The van der Waals surface area contributed by atoms with Crippen molar-refractivity contribution in [2.75, 3.05) is 39.3 Å². The normalized spacial score (nSPS) is 23.1. The average molecular weight is 493 g/mol. The zero-order valence-electron chi connectivity index (χ0n) is 17.1. The van der Waals surface area contributed by atoms with Crippen LogP contribution in [0.3, 0.4) is 0 Å². The van der Waals surface area contributed by atoms with Crippen molar-refractivity contribution in [3.63, 3.8) is 0 Å². The number of aliphatic hydroxyl groups excluding tert-OH is 1. The van der Waals surface area contributed by atoms with E-state index in [0.717, 1.165) is 47.8 Å². The van der Waals surface area contributed by atoms with Crippen molar-refractivity contribution in [1.82, 2.24) is 14.7 Å². The highest BCUT2D eigenvalue weighted by atomic mass is 79.9. The molecule has 0 saturated carbocycles. The van der Waals surface area contributed by atoms with Crippen LogP contribution in [-0.4, -0.2) is 77.1 Å². The van der Waals surface area contributed by atoms with Gasteiger partial charge in [-0.25, -0.2) is 0 Å². The number of nitrogens with zero attached hydrogens (tertiary/aromatic N) is 3. The standard InChI is InChI=1S/C23H27BrClN3O2/c1-16-12-18(4-7-20(16)24)23(30)28-14-21(22(29)15-28)27-10-8-26(9-11-27)13-17-2-5-19(25)6-3-17/h2-7,12,21-22,29H,8-11,13-15H2,1H3. The minimum absolute atomic E-state index is 0.00294. The molecule has 0 radical (unpaired) electrons. The van der Waals surface area contributed by atoms with Gasteiger partial charge in [-0.3, -0.25) is 14.6 Å². The first-order valence-corrected chi connectivity index (χ1v) is 11.5. The quantitative estimate of drug-likeness (QED) is 0.711. The summed E-state index contributed by atoms with van der Waals surface area (Å²) < 4.78 is 0.995. The number of β-amino-alcohol motifs (C(OH)–C–C–N with tert-alkyl or cyclic N) is 1. The smallest absolute Gasteiger partial charge is 0.254 e. The largest absolute Gasteiger partial charge is 0.390 e. The van der Waals surface area contributed by atoms with Gasteiger partial charge in [0.25, 0.3) is 5.91 Å². The third kappa shape index (κ3) is 4.89. The first kappa shape index (κ1) is 21.8. The number of amides is 1. The molecule has 0 spiro atoms. The molecule has 0 aliphatic carbocycles. The number of aryl methyl sites for hydroxylation is 1. The molecule has 2 unspecified atom stereocenters. The number of hydrogen-bond donors (Lipinski definition) is 1. The highest BCUT2D eigenvalue weighted by Gasteiger charge is 2.38. The summed E-state index contributed by atoms with van der Waals surface area (Å²) >= 11 is 9.45. The number of hydrogen-bond acceptors (Lipinski definition) is 4. The number of rotatable bonds is 4. The number of piperazine rings is 1. The first-order chi connectivity index (χ1) is 14.4. The van der Waals surface area contributed by atoms with E-state index in [0.29, 0.717) is 18.7 Å². The molecule has 2 aliphatic heterocycles. The Kier molecular flexibility index (Phi) is 6.80. The predicted octanol–water partition coefficient (Wildman–Crippen LogP) is 3.41. The molecule has 7 heteroatoms. The summed E-state index contributed by atoms with van der Waals surface area (Å²) in [6.07, 6.45) is -0.506. The van der Waals surface area contributed by atoms with Crippen LogP contribution in [0.15, 0.2) is 46.9 Å². The van der Waals surface area contributed by atoms with Gasteiger partial charge in [0, 0.05) is 60.9 Å². The summed E-state index contributed by atoms with van der Waals surface area (Å²) in [4.78, 5) is 19.5. The molecule has 1 amide bonds. The van der Waals surface area contributed by atoms with Crippen LogP contribution in [0.5, 0.6) is 0 Å². The maximum atomic E-state index is 12.9. The molecule has 4 rings (SSSR count). The first-order valence-electron chi connectivity index (χ1n) is 10.3. The molecule has 2 heterocycles. The van der Waals surface area contributed by atoms with Crippen LogP contribution in [0, 0.1) is 6.92 Å². The second-order valence-electron chi connectivity index (χ2n) is 8.25. The Labute approximate surface area is 191 Å². The molecule has 1 N–H and O–H groups in total.